The molecule has 0 aromatic heterocycles. The maximum atomic E-state index is 12.4. The van der Waals surface area contributed by atoms with Crippen LogP contribution in [0.5, 0.6) is 0 Å². The van der Waals surface area contributed by atoms with Crippen molar-refractivity contribution < 1.29 is 18.0 Å². The highest BCUT2D eigenvalue weighted by atomic mass is 32.2. The van der Waals surface area contributed by atoms with E-state index in [4.69, 9.17) is 0 Å². The van der Waals surface area contributed by atoms with E-state index in [0.717, 1.165) is 38.5 Å². The summed E-state index contributed by atoms with van der Waals surface area (Å²) in [5.74, 6) is 0.364. The molecule has 3 rings (SSSR count). The van der Waals surface area contributed by atoms with Gasteiger partial charge >= 0.3 is 5.51 Å². The van der Waals surface area contributed by atoms with Crippen molar-refractivity contribution in [2.75, 3.05) is 12.3 Å². The van der Waals surface area contributed by atoms with Crippen molar-refractivity contribution in [1.82, 2.24) is 10.2 Å². The van der Waals surface area contributed by atoms with Crippen molar-refractivity contribution in [3.8, 4) is 0 Å². The van der Waals surface area contributed by atoms with Gasteiger partial charge in [-0.15, -0.1) is 0 Å². The molecule has 2 aliphatic carbocycles. The fourth-order valence-electron chi connectivity index (χ4n) is 3.45. The lowest BCUT2D eigenvalue weighted by Crippen LogP contribution is -2.43. The molecule has 1 heterocycles. The Labute approximate surface area is 120 Å². The van der Waals surface area contributed by atoms with Gasteiger partial charge in [0.2, 0.25) is 5.91 Å². The van der Waals surface area contributed by atoms with Gasteiger partial charge in [-0.25, -0.2) is 0 Å². The van der Waals surface area contributed by atoms with Gasteiger partial charge in [0.05, 0.1) is 11.7 Å². The number of alkyl halides is 3. The molecule has 1 N–H and O–H groups in total. The van der Waals surface area contributed by atoms with Gasteiger partial charge in [-0.05, 0) is 43.4 Å². The Bertz CT molecular complexity index is 392. The van der Waals surface area contributed by atoms with E-state index in [1.165, 1.54) is 0 Å². The number of halogens is 3. The van der Waals surface area contributed by atoms with E-state index in [1.807, 2.05) is 0 Å². The van der Waals surface area contributed by atoms with Crippen LogP contribution in [0.3, 0.4) is 0 Å². The molecule has 0 bridgehead atoms. The smallest absolute Gasteiger partial charge is 0.324 e. The SMILES string of the molecule is O=C1N(CCSC(F)(F)F)C(C2CCCC2)NC12CC2. The first-order valence-corrected chi connectivity index (χ1v) is 8.19. The van der Waals surface area contributed by atoms with Gasteiger partial charge in [-0.2, -0.15) is 13.2 Å². The molecular weight excluding hydrogens is 289 g/mol. The Hall–Kier alpha value is -0.430. The summed E-state index contributed by atoms with van der Waals surface area (Å²) in [7, 11) is 0. The lowest BCUT2D eigenvalue weighted by atomic mass is 10.0. The molecule has 2 saturated carbocycles. The van der Waals surface area contributed by atoms with Crippen molar-refractivity contribution in [3.05, 3.63) is 0 Å². The molecule has 3 nitrogen and oxygen atoms in total. The number of carbonyl (C=O) groups excluding carboxylic acids is 1. The van der Waals surface area contributed by atoms with Crippen LogP contribution in [0.1, 0.15) is 38.5 Å². The number of amides is 1. The van der Waals surface area contributed by atoms with Crippen LogP contribution < -0.4 is 5.32 Å². The zero-order valence-corrected chi connectivity index (χ0v) is 12.0. The number of hydrogen-bond donors (Lipinski definition) is 1. The number of rotatable bonds is 4. The molecule has 1 atom stereocenters. The summed E-state index contributed by atoms with van der Waals surface area (Å²) in [5, 5.41) is 3.42. The third-order valence-corrected chi connectivity index (χ3v) is 5.34. The number of nitrogens with zero attached hydrogens (tertiary/aromatic N) is 1. The second-order valence-corrected chi connectivity index (χ2v) is 7.17. The summed E-state index contributed by atoms with van der Waals surface area (Å²) in [5.41, 5.74) is -4.63. The molecule has 0 radical (unpaired) electrons. The normalized spacial score (nSPS) is 29.6. The second-order valence-electron chi connectivity index (χ2n) is 6.01. The molecule has 7 heteroatoms. The lowest BCUT2D eigenvalue weighted by Gasteiger charge is -2.29. The molecule has 20 heavy (non-hydrogen) atoms. The van der Waals surface area contributed by atoms with Crippen LogP contribution in [0.2, 0.25) is 0 Å². The third-order valence-electron chi connectivity index (χ3n) is 4.62. The van der Waals surface area contributed by atoms with Crippen LogP contribution >= 0.6 is 11.8 Å². The standard InChI is InChI=1S/C13H19F3N2OS/c14-13(15,16)20-8-7-18-10(9-3-1-2-4-9)17-12(5-6-12)11(18)19/h9-10,17H,1-8H2. The molecule has 1 unspecified atom stereocenters. The van der Waals surface area contributed by atoms with Crippen molar-refractivity contribution in [3.63, 3.8) is 0 Å². The van der Waals surface area contributed by atoms with Crippen LogP contribution in [0, 0.1) is 5.92 Å². The fraction of sp³-hybridized carbons (Fsp3) is 0.923. The van der Waals surface area contributed by atoms with Gasteiger partial charge in [-0.1, -0.05) is 12.8 Å². The number of nitrogens with one attached hydrogen (secondary N) is 1. The number of thioether (sulfide) groups is 1. The van der Waals surface area contributed by atoms with Gasteiger partial charge in [-0.3, -0.25) is 10.1 Å². The first kappa shape index (κ1) is 14.5. The molecule has 3 fully saturated rings. The first-order valence-electron chi connectivity index (χ1n) is 7.21. The quantitative estimate of drug-likeness (QED) is 0.867. The number of hydrogen-bond acceptors (Lipinski definition) is 3. The van der Waals surface area contributed by atoms with E-state index in [-0.39, 0.29) is 36.1 Å². The predicted molar refractivity (Wildman–Crippen MR) is 71.1 cm³/mol. The Morgan fingerprint density at radius 3 is 2.50 bits per heavy atom. The van der Waals surface area contributed by atoms with E-state index < -0.39 is 11.0 Å². The Morgan fingerprint density at radius 1 is 1.30 bits per heavy atom. The molecule has 1 spiro atoms. The van der Waals surface area contributed by atoms with E-state index >= 15 is 0 Å². The topological polar surface area (TPSA) is 32.3 Å². The van der Waals surface area contributed by atoms with E-state index in [9.17, 15) is 18.0 Å². The minimum absolute atomic E-state index is 0.0252. The first-order chi connectivity index (χ1) is 9.41. The molecule has 1 saturated heterocycles. The summed E-state index contributed by atoms with van der Waals surface area (Å²) in [6.07, 6.45) is 6.09. The number of carbonyl (C=O) groups is 1. The summed E-state index contributed by atoms with van der Waals surface area (Å²) in [6, 6.07) is 0. The van der Waals surface area contributed by atoms with Gasteiger partial charge in [0.25, 0.3) is 0 Å². The van der Waals surface area contributed by atoms with Crippen LogP contribution in [0.4, 0.5) is 13.2 Å². The van der Waals surface area contributed by atoms with Gasteiger partial charge in [0.1, 0.15) is 0 Å². The van der Waals surface area contributed by atoms with Crippen molar-refractivity contribution in [2.24, 2.45) is 5.92 Å². The Morgan fingerprint density at radius 2 is 1.95 bits per heavy atom. The second kappa shape index (κ2) is 5.09. The van der Waals surface area contributed by atoms with Crippen LogP contribution in [-0.2, 0) is 4.79 Å². The van der Waals surface area contributed by atoms with E-state index in [2.05, 4.69) is 5.32 Å². The van der Waals surface area contributed by atoms with Gasteiger partial charge in [0.15, 0.2) is 0 Å². The minimum atomic E-state index is -4.21. The van der Waals surface area contributed by atoms with Crippen molar-refractivity contribution in [2.45, 2.75) is 55.7 Å². The van der Waals surface area contributed by atoms with Crippen LogP contribution in [-0.4, -0.2) is 40.3 Å². The summed E-state index contributed by atoms with van der Waals surface area (Å²) >= 11 is -0.0341. The fourth-order valence-corrected chi connectivity index (χ4v) is 3.97. The minimum Gasteiger partial charge on any atom is -0.324 e. The maximum Gasteiger partial charge on any atom is 0.441 e. The molecule has 1 aliphatic heterocycles. The molecular formula is C13H19F3N2OS. The molecule has 114 valence electrons. The Balaban J connectivity index is 1.63. The molecule has 0 aromatic carbocycles. The van der Waals surface area contributed by atoms with E-state index in [1.54, 1.807) is 4.90 Å². The zero-order valence-electron chi connectivity index (χ0n) is 11.2. The van der Waals surface area contributed by atoms with Gasteiger partial charge < -0.3 is 4.90 Å². The largest absolute Gasteiger partial charge is 0.441 e. The average molecular weight is 308 g/mol. The molecule has 0 aromatic rings. The average Bonchev–Trinajstić information content (AvgIpc) is 2.83. The van der Waals surface area contributed by atoms with Crippen molar-refractivity contribution >= 4 is 17.7 Å². The highest BCUT2D eigenvalue weighted by Gasteiger charge is 2.60. The summed E-state index contributed by atoms with van der Waals surface area (Å²) in [6.45, 7) is 0.193. The zero-order chi connectivity index (χ0) is 14.4. The summed E-state index contributed by atoms with van der Waals surface area (Å²) < 4.78 is 36.7. The molecule has 3 aliphatic rings. The Kier molecular flexibility index (Phi) is 3.69. The summed E-state index contributed by atoms with van der Waals surface area (Å²) in [4.78, 5) is 14.1. The van der Waals surface area contributed by atoms with Gasteiger partial charge in [0, 0.05) is 12.3 Å². The highest BCUT2D eigenvalue weighted by molar-refractivity contribution is 8.00. The van der Waals surface area contributed by atoms with Crippen LogP contribution in [0.15, 0.2) is 0 Å². The van der Waals surface area contributed by atoms with Crippen molar-refractivity contribution in [1.29, 1.82) is 0 Å². The lowest BCUT2D eigenvalue weighted by molar-refractivity contribution is -0.131. The highest BCUT2D eigenvalue weighted by Crippen LogP contribution is 2.45. The monoisotopic (exact) mass is 308 g/mol. The maximum absolute atomic E-state index is 12.4. The third kappa shape index (κ3) is 2.79. The van der Waals surface area contributed by atoms with Crippen LogP contribution in [0.25, 0.3) is 0 Å². The van der Waals surface area contributed by atoms with E-state index in [0.29, 0.717) is 5.92 Å². The predicted octanol–water partition coefficient (Wildman–Crippen LogP) is 2.72. The molecule has 1 amide bonds.